The Labute approximate surface area is 199 Å². The Hall–Kier alpha value is -3.07. The molecule has 4 aromatic rings. The molecule has 1 N–H and O–H groups in total. The number of benzene rings is 2. The Morgan fingerprint density at radius 2 is 1.88 bits per heavy atom. The lowest BCUT2D eigenvalue weighted by Crippen LogP contribution is -2.29. The Balaban J connectivity index is 1.75. The Bertz CT molecular complexity index is 1420. The maximum Gasteiger partial charge on any atom is 0.301 e. The zero-order chi connectivity index (χ0) is 22.4. The number of aliphatic hydroxyl groups is 1. The van der Waals surface area contributed by atoms with E-state index in [2.05, 4.69) is 25.9 Å². The van der Waals surface area contributed by atoms with E-state index in [4.69, 9.17) is 11.6 Å². The van der Waals surface area contributed by atoms with E-state index in [0.29, 0.717) is 26.8 Å². The van der Waals surface area contributed by atoms with Gasteiger partial charge >= 0.3 is 5.91 Å². The molecule has 1 atom stereocenters. The van der Waals surface area contributed by atoms with Crippen LogP contribution in [0.4, 0.5) is 5.13 Å². The molecular weight excluding hydrogens is 514 g/mol. The molecular formula is C23H13BrClN3O3S. The fourth-order valence-corrected chi connectivity index (χ4v) is 5.36. The second kappa shape index (κ2) is 8.12. The predicted octanol–water partition coefficient (Wildman–Crippen LogP) is 5.73. The third-order valence-electron chi connectivity index (χ3n) is 5.11. The van der Waals surface area contributed by atoms with Crippen molar-refractivity contribution in [3.8, 4) is 0 Å². The van der Waals surface area contributed by atoms with E-state index in [9.17, 15) is 14.7 Å². The van der Waals surface area contributed by atoms with Crippen LogP contribution >= 0.6 is 38.9 Å². The number of pyridine rings is 1. The predicted molar refractivity (Wildman–Crippen MR) is 128 cm³/mol. The number of amides is 1. The number of rotatable bonds is 3. The van der Waals surface area contributed by atoms with Crippen LogP contribution in [0.2, 0.25) is 5.02 Å². The van der Waals surface area contributed by atoms with E-state index < -0.39 is 17.7 Å². The summed E-state index contributed by atoms with van der Waals surface area (Å²) in [7, 11) is 0. The minimum absolute atomic E-state index is 0.00316. The molecule has 32 heavy (non-hydrogen) atoms. The number of Topliss-reactive ketones (excluding diaryl/α,β-unsaturated/α-hetero) is 1. The van der Waals surface area contributed by atoms with Crippen LogP contribution in [0.25, 0.3) is 16.0 Å². The third kappa shape index (κ3) is 3.50. The lowest BCUT2D eigenvalue weighted by Gasteiger charge is -2.23. The maximum atomic E-state index is 13.2. The van der Waals surface area contributed by atoms with Gasteiger partial charge in [-0.3, -0.25) is 19.5 Å². The molecule has 1 fully saturated rings. The van der Waals surface area contributed by atoms with E-state index >= 15 is 0 Å². The van der Waals surface area contributed by atoms with Gasteiger partial charge in [0.05, 0.1) is 21.8 Å². The monoisotopic (exact) mass is 525 g/mol. The van der Waals surface area contributed by atoms with Gasteiger partial charge in [0.15, 0.2) is 5.13 Å². The molecule has 0 saturated carbocycles. The molecule has 1 amide bonds. The van der Waals surface area contributed by atoms with Crippen molar-refractivity contribution >= 4 is 71.7 Å². The van der Waals surface area contributed by atoms with Gasteiger partial charge in [0, 0.05) is 27.5 Å². The second-order valence-corrected chi connectivity index (χ2v) is 9.43. The summed E-state index contributed by atoms with van der Waals surface area (Å²) in [4.78, 5) is 36.2. The van der Waals surface area contributed by atoms with Crippen molar-refractivity contribution in [2.75, 3.05) is 4.90 Å². The molecule has 0 bridgehead atoms. The zero-order valence-corrected chi connectivity index (χ0v) is 19.4. The van der Waals surface area contributed by atoms with Crippen LogP contribution in [0.5, 0.6) is 0 Å². The van der Waals surface area contributed by atoms with Crippen LogP contribution in [-0.2, 0) is 9.59 Å². The fourth-order valence-electron chi connectivity index (χ4n) is 3.68. The molecule has 5 rings (SSSR count). The van der Waals surface area contributed by atoms with E-state index in [1.165, 1.54) is 28.6 Å². The first-order valence-electron chi connectivity index (χ1n) is 9.47. The highest BCUT2D eigenvalue weighted by molar-refractivity contribution is 9.10. The van der Waals surface area contributed by atoms with Crippen molar-refractivity contribution < 1.29 is 14.7 Å². The van der Waals surface area contributed by atoms with Gasteiger partial charge in [-0.05, 0) is 48.0 Å². The third-order valence-corrected chi connectivity index (χ3v) is 6.85. The minimum atomic E-state index is -0.850. The Morgan fingerprint density at radius 1 is 1.09 bits per heavy atom. The first-order chi connectivity index (χ1) is 15.4. The van der Waals surface area contributed by atoms with Gasteiger partial charge in [-0.15, -0.1) is 0 Å². The van der Waals surface area contributed by atoms with Crippen LogP contribution in [0.3, 0.4) is 0 Å². The summed E-state index contributed by atoms with van der Waals surface area (Å²) < 4.78 is 1.57. The molecule has 9 heteroatoms. The van der Waals surface area contributed by atoms with Crippen LogP contribution in [-0.4, -0.2) is 26.8 Å². The average molecular weight is 527 g/mol. The number of fused-ring (bicyclic) bond motifs is 1. The lowest BCUT2D eigenvalue weighted by atomic mass is 9.96. The molecule has 1 saturated heterocycles. The SMILES string of the molecule is O=C1C(=O)N(c2nc3ccc(Cl)cc3s2)C(c2cccc(Br)c2)C1=C(O)c1ccncc1. The summed E-state index contributed by atoms with van der Waals surface area (Å²) in [6, 6.07) is 14.8. The number of hydrogen-bond acceptors (Lipinski definition) is 6. The molecule has 1 aliphatic heterocycles. The summed E-state index contributed by atoms with van der Waals surface area (Å²) in [5.41, 5.74) is 1.72. The van der Waals surface area contributed by atoms with Gasteiger partial charge < -0.3 is 5.11 Å². The number of nitrogens with zero attached hydrogens (tertiary/aromatic N) is 3. The van der Waals surface area contributed by atoms with Crippen molar-refractivity contribution in [1.82, 2.24) is 9.97 Å². The Morgan fingerprint density at radius 3 is 2.62 bits per heavy atom. The van der Waals surface area contributed by atoms with Gasteiger partial charge in [-0.25, -0.2) is 4.98 Å². The summed E-state index contributed by atoms with van der Waals surface area (Å²) >= 11 is 10.8. The number of aliphatic hydroxyl groups excluding tert-OH is 1. The number of carbonyl (C=O) groups excluding carboxylic acids is 2. The zero-order valence-electron chi connectivity index (χ0n) is 16.2. The fraction of sp³-hybridized carbons (Fsp3) is 0.0435. The summed E-state index contributed by atoms with van der Waals surface area (Å²) in [6.45, 7) is 0. The molecule has 2 aromatic carbocycles. The highest BCUT2D eigenvalue weighted by Crippen LogP contribution is 2.44. The number of aromatic nitrogens is 2. The van der Waals surface area contributed by atoms with Gasteiger partial charge in [-0.2, -0.15) is 0 Å². The Kier molecular flexibility index (Phi) is 5.28. The van der Waals surface area contributed by atoms with E-state index in [1.54, 1.807) is 36.4 Å². The first-order valence-corrected chi connectivity index (χ1v) is 11.5. The van der Waals surface area contributed by atoms with Crippen molar-refractivity contribution in [2.45, 2.75) is 6.04 Å². The van der Waals surface area contributed by atoms with Crippen molar-refractivity contribution in [2.24, 2.45) is 0 Å². The largest absolute Gasteiger partial charge is 0.507 e. The molecule has 1 aliphatic rings. The van der Waals surface area contributed by atoms with Gasteiger partial charge in [0.2, 0.25) is 0 Å². The van der Waals surface area contributed by atoms with E-state index in [1.807, 2.05) is 18.2 Å². The molecule has 2 aromatic heterocycles. The molecule has 158 valence electrons. The van der Waals surface area contributed by atoms with Crippen LogP contribution in [0.1, 0.15) is 17.2 Å². The smallest absolute Gasteiger partial charge is 0.301 e. The first kappa shape index (κ1) is 20.8. The van der Waals surface area contributed by atoms with Gasteiger partial charge in [0.1, 0.15) is 5.76 Å². The maximum absolute atomic E-state index is 13.2. The lowest BCUT2D eigenvalue weighted by molar-refractivity contribution is -0.132. The topological polar surface area (TPSA) is 83.4 Å². The summed E-state index contributed by atoms with van der Waals surface area (Å²) in [6.07, 6.45) is 3.02. The molecule has 0 spiro atoms. The molecule has 0 radical (unpaired) electrons. The number of hydrogen-bond donors (Lipinski definition) is 1. The molecule has 0 aliphatic carbocycles. The van der Waals surface area contributed by atoms with Crippen molar-refractivity contribution in [1.29, 1.82) is 0 Å². The molecule has 1 unspecified atom stereocenters. The van der Waals surface area contributed by atoms with Crippen molar-refractivity contribution in [3.05, 3.63) is 93.2 Å². The molecule has 6 nitrogen and oxygen atoms in total. The molecule has 3 heterocycles. The standard InChI is InChI=1S/C23H13BrClN3O3S/c24-14-3-1-2-13(10-14)19-18(20(29)12-6-8-26-9-7-12)21(30)22(31)28(19)23-27-16-5-4-15(25)11-17(16)32-23/h1-11,19,29H. The highest BCUT2D eigenvalue weighted by Gasteiger charge is 2.48. The van der Waals surface area contributed by atoms with Crippen LogP contribution in [0, 0.1) is 0 Å². The summed E-state index contributed by atoms with van der Waals surface area (Å²) in [5.74, 6) is -1.79. The number of halogens is 2. The number of carbonyl (C=O) groups is 2. The van der Waals surface area contributed by atoms with Gasteiger partial charge in [-0.1, -0.05) is 51.0 Å². The second-order valence-electron chi connectivity index (χ2n) is 7.07. The quantitative estimate of drug-likeness (QED) is 0.209. The van der Waals surface area contributed by atoms with E-state index in [-0.39, 0.29) is 11.3 Å². The number of anilines is 1. The van der Waals surface area contributed by atoms with E-state index in [0.717, 1.165) is 9.17 Å². The summed E-state index contributed by atoms with van der Waals surface area (Å²) in [5, 5.41) is 12.0. The van der Waals surface area contributed by atoms with Gasteiger partial charge in [0.25, 0.3) is 5.78 Å². The number of ketones is 1. The van der Waals surface area contributed by atoms with Crippen LogP contribution in [0.15, 0.2) is 77.0 Å². The highest BCUT2D eigenvalue weighted by atomic mass is 79.9. The minimum Gasteiger partial charge on any atom is -0.507 e. The van der Waals surface area contributed by atoms with Crippen molar-refractivity contribution in [3.63, 3.8) is 0 Å². The average Bonchev–Trinajstić information content (AvgIpc) is 3.32. The van der Waals surface area contributed by atoms with Crippen LogP contribution < -0.4 is 4.90 Å². The number of thiazole rings is 1. The normalized spacial score (nSPS) is 17.9.